The quantitative estimate of drug-likeness (QED) is 0.869. The van der Waals surface area contributed by atoms with Crippen LogP contribution >= 0.6 is 0 Å². The third-order valence-corrected chi connectivity index (χ3v) is 2.97. The number of ether oxygens (including phenoxy) is 1. The van der Waals surface area contributed by atoms with E-state index in [4.69, 9.17) is 9.84 Å². The molecule has 0 bridgehead atoms. The average Bonchev–Trinajstić information content (AvgIpc) is 2.45. The molecule has 0 radical (unpaired) electrons. The minimum absolute atomic E-state index is 0.129. The van der Waals surface area contributed by atoms with Gasteiger partial charge in [-0.15, -0.1) is 0 Å². The minimum Gasteiger partial charge on any atom is -0.487 e. The van der Waals surface area contributed by atoms with Crippen molar-refractivity contribution in [2.75, 3.05) is 6.61 Å². The molecule has 0 amide bonds. The zero-order valence-corrected chi connectivity index (χ0v) is 11.7. The van der Waals surface area contributed by atoms with Crippen LogP contribution in [0.4, 0.5) is 0 Å². The molecule has 102 valence electrons. The molecule has 3 heteroatoms. The molecule has 1 N–H and O–H groups in total. The van der Waals surface area contributed by atoms with Gasteiger partial charge in [-0.2, -0.15) is 0 Å². The fourth-order valence-electron chi connectivity index (χ4n) is 1.85. The van der Waals surface area contributed by atoms with Gasteiger partial charge in [-0.1, -0.05) is 17.9 Å². The molecule has 0 aliphatic rings. The molecular formula is C17H17NO2. The highest BCUT2D eigenvalue weighted by molar-refractivity contribution is 5.43. The maximum atomic E-state index is 8.68. The van der Waals surface area contributed by atoms with Crippen molar-refractivity contribution in [1.29, 1.82) is 0 Å². The van der Waals surface area contributed by atoms with Gasteiger partial charge < -0.3 is 9.84 Å². The van der Waals surface area contributed by atoms with E-state index < -0.39 is 0 Å². The van der Waals surface area contributed by atoms with E-state index in [9.17, 15) is 0 Å². The van der Waals surface area contributed by atoms with Crippen molar-refractivity contribution in [3.63, 3.8) is 0 Å². The Balaban J connectivity index is 2.09. The molecule has 2 rings (SSSR count). The van der Waals surface area contributed by atoms with E-state index >= 15 is 0 Å². The third kappa shape index (κ3) is 3.59. The Morgan fingerprint density at radius 3 is 2.75 bits per heavy atom. The summed E-state index contributed by atoms with van der Waals surface area (Å²) in [6.07, 6.45) is 1.77. The maximum absolute atomic E-state index is 8.68. The zero-order valence-electron chi connectivity index (χ0n) is 11.7. The molecule has 20 heavy (non-hydrogen) atoms. The summed E-state index contributed by atoms with van der Waals surface area (Å²) in [6, 6.07) is 9.67. The van der Waals surface area contributed by atoms with Crippen LogP contribution < -0.4 is 4.74 Å². The van der Waals surface area contributed by atoms with Crippen molar-refractivity contribution in [2.24, 2.45) is 0 Å². The van der Waals surface area contributed by atoms with Crippen LogP contribution in [0, 0.1) is 25.7 Å². The van der Waals surface area contributed by atoms with Crippen LogP contribution in [0.2, 0.25) is 0 Å². The normalized spacial score (nSPS) is 9.75. The first kappa shape index (κ1) is 14.1. The average molecular weight is 267 g/mol. The second-order valence-electron chi connectivity index (χ2n) is 4.50. The fraction of sp³-hybridized carbons (Fsp3) is 0.235. The lowest BCUT2D eigenvalue weighted by atomic mass is 10.1. The number of nitrogens with zero attached hydrogens (tertiary/aromatic N) is 1. The fourth-order valence-corrected chi connectivity index (χ4v) is 1.85. The molecule has 0 fully saturated rings. The zero-order chi connectivity index (χ0) is 14.4. The van der Waals surface area contributed by atoms with Gasteiger partial charge in [0.05, 0.1) is 5.69 Å². The molecule has 0 saturated carbocycles. The van der Waals surface area contributed by atoms with E-state index in [0.29, 0.717) is 6.61 Å². The van der Waals surface area contributed by atoms with Gasteiger partial charge in [0.1, 0.15) is 19.0 Å². The maximum Gasteiger partial charge on any atom is 0.130 e. The molecule has 0 spiro atoms. The summed E-state index contributed by atoms with van der Waals surface area (Å²) < 4.78 is 5.80. The predicted octanol–water partition coefficient (Wildman–Crippen LogP) is 2.62. The molecule has 0 saturated heterocycles. The van der Waals surface area contributed by atoms with Crippen molar-refractivity contribution in [1.82, 2.24) is 4.98 Å². The molecule has 0 unspecified atom stereocenters. The molecular weight excluding hydrogens is 250 g/mol. The van der Waals surface area contributed by atoms with Crippen LogP contribution in [-0.2, 0) is 6.61 Å². The van der Waals surface area contributed by atoms with Crippen LogP contribution in [0.3, 0.4) is 0 Å². The van der Waals surface area contributed by atoms with Crippen LogP contribution in [-0.4, -0.2) is 16.7 Å². The molecule has 3 nitrogen and oxygen atoms in total. The van der Waals surface area contributed by atoms with Crippen molar-refractivity contribution < 1.29 is 9.84 Å². The van der Waals surface area contributed by atoms with Gasteiger partial charge >= 0.3 is 0 Å². The number of benzene rings is 1. The summed E-state index contributed by atoms with van der Waals surface area (Å²) >= 11 is 0. The second kappa shape index (κ2) is 6.74. The van der Waals surface area contributed by atoms with Crippen LogP contribution in [0.5, 0.6) is 5.75 Å². The van der Waals surface area contributed by atoms with Crippen LogP contribution in [0.25, 0.3) is 0 Å². The second-order valence-corrected chi connectivity index (χ2v) is 4.50. The summed E-state index contributed by atoms with van der Waals surface area (Å²) in [6.45, 7) is 4.32. The number of aromatic nitrogens is 1. The van der Waals surface area contributed by atoms with E-state index in [0.717, 1.165) is 28.1 Å². The highest BCUT2D eigenvalue weighted by Gasteiger charge is 2.03. The Labute approximate surface area is 119 Å². The Morgan fingerprint density at radius 2 is 2.05 bits per heavy atom. The van der Waals surface area contributed by atoms with Crippen LogP contribution in [0.15, 0.2) is 36.5 Å². The lowest BCUT2D eigenvalue weighted by Gasteiger charge is -2.10. The predicted molar refractivity (Wildman–Crippen MR) is 78.4 cm³/mol. The third-order valence-electron chi connectivity index (χ3n) is 2.97. The molecule has 1 aromatic heterocycles. The molecule has 1 heterocycles. The smallest absolute Gasteiger partial charge is 0.130 e. The molecule has 0 atom stereocenters. The van der Waals surface area contributed by atoms with E-state index in [1.807, 2.05) is 44.2 Å². The molecule has 0 aliphatic carbocycles. The summed E-state index contributed by atoms with van der Waals surface area (Å²) in [4.78, 5) is 4.31. The first-order chi connectivity index (χ1) is 9.70. The number of aliphatic hydroxyl groups excluding tert-OH is 1. The highest BCUT2D eigenvalue weighted by atomic mass is 16.5. The summed E-state index contributed by atoms with van der Waals surface area (Å²) in [5.41, 5.74) is 3.95. The van der Waals surface area contributed by atoms with Crippen molar-refractivity contribution in [3.05, 3.63) is 58.9 Å². The van der Waals surface area contributed by atoms with E-state index in [-0.39, 0.29) is 6.61 Å². The molecule has 0 aliphatic heterocycles. The first-order valence-corrected chi connectivity index (χ1v) is 6.44. The summed E-state index contributed by atoms with van der Waals surface area (Å²) in [5.74, 6) is 6.33. The van der Waals surface area contributed by atoms with Crippen molar-refractivity contribution in [2.45, 2.75) is 20.5 Å². The number of aliphatic hydroxyl groups is 1. The van der Waals surface area contributed by atoms with Gasteiger partial charge in [0.2, 0.25) is 0 Å². The van der Waals surface area contributed by atoms with Crippen molar-refractivity contribution >= 4 is 0 Å². The van der Waals surface area contributed by atoms with Gasteiger partial charge in [0.15, 0.2) is 0 Å². The number of pyridine rings is 1. The van der Waals surface area contributed by atoms with Gasteiger partial charge in [0, 0.05) is 11.8 Å². The SMILES string of the molecule is Cc1cc(C#CCO)ccc1OCc1ncccc1C. The lowest BCUT2D eigenvalue weighted by molar-refractivity contribution is 0.298. The number of hydrogen-bond acceptors (Lipinski definition) is 3. The summed E-state index contributed by atoms with van der Waals surface area (Å²) in [5, 5.41) is 8.68. The Hall–Kier alpha value is -2.31. The molecule has 2 aromatic rings. The van der Waals surface area contributed by atoms with E-state index in [1.165, 1.54) is 0 Å². The van der Waals surface area contributed by atoms with E-state index in [2.05, 4.69) is 16.8 Å². The highest BCUT2D eigenvalue weighted by Crippen LogP contribution is 2.20. The Bertz CT molecular complexity index is 654. The minimum atomic E-state index is -0.129. The Morgan fingerprint density at radius 1 is 1.20 bits per heavy atom. The first-order valence-electron chi connectivity index (χ1n) is 6.44. The lowest BCUT2D eigenvalue weighted by Crippen LogP contribution is -2.01. The van der Waals surface area contributed by atoms with Crippen molar-refractivity contribution in [3.8, 4) is 17.6 Å². The van der Waals surface area contributed by atoms with Gasteiger partial charge in [0.25, 0.3) is 0 Å². The van der Waals surface area contributed by atoms with E-state index in [1.54, 1.807) is 6.20 Å². The summed E-state index contributed by atoms with van der Waals surface area (Å²) in [7, 11) is 0. The number of rotatable bonds is 3. The standard InChI is InChI=1S/C17H17NO2/c1-13-5-3-9-18-16(13)12-20-17-8-7-15(6-4-10-19)11-14(17)2/h3,5,7-9,11,19H,10,12H2,1-2H3. The molecule has 1 aromatic carbocycles. The Kier molecular flexibility index (Phi) is 4.75. The number of hydrogen-bond donors (Lipinski definition) is 1. The monoisotopic (exact) mass is 267 g/mol. The number of aryl methyl sites for hydroxylation is 2. The van der Waals surface area contributed by atoms with Gasteiger partial charge in [-0.25, -0.2) is 0 Å². The van der Waals surface area contributed by atoms with Gasteiger partial charge in [-0.05, 0) is 49.2 Å². The van der Waals surface area contributed by atoms with Gasteiger partial charge in [-0.3, -0.25) is 4.98 Å². The van der Waals surface area contributed by atoms with Crippen LogP contribution in [0.1, 0.15) is 22.4 Å². The largest absolute Gasteiger partial charge is 0.487 e. The topological polar surface area (TPSA) is 42.4 Å².